The fourth-order valence-electron chi connectivity index (χ4n) is 2.94. The Morgan fingerprint density at radius 2 is 2.33 bits per heavy atom. The number of nitrogens with zero attached hydrogens (tertiary/aromatic N) is 2. The van der Waals surface area contributed by atoms with Gasteiger partial charge >= 0.3 is 5.97 Å². The molecule has 0 saturated carbocycles. The molecule has 6 heteroatoms. The molecule has 2 aromatic rings. The second kappa shape index (κ2) is 5.20. The van der Waals surface area contributed by atoms with Gasteiger partial charge in [-0.3, -0.25) is 4.79 Å². The zero-order valence-corrected chi connectivity index (χ0v) is 11.8. The van der Waals surface area contributed by atoms with E-state index in [4.69, 9.17) is 0 Å². The number of aromatic carboxylic acids is 1. The van der Waals surface area contributed by atoms with Crippen molar-refractivity contribution in [3.05, 3.63) is 29.6 Å². The number of rotatable bonds is 4. The molecule has 6 nitrogen and oxygen atoms in total. The van der Waals surface area contributed by atoms with Gasteiger partial charge in [0.25, 0.3) is 0 Å². The molecule has 1 saturated heterocycles. The molecule has 2 heterocycles. The van der Waals surface area contributed by atoms with E-state index in [9.17, 15) is 14.7 Å². The van der Waals surface area contributed by atoms with Crippen molar-refractivity contribution >= 4 is 22.9 Å². The summed E-state index contributed by atoms with van der Waals surface area (Å²) >= 11 is 0. The maximum Gasteiger partial charge on any atom is 0.337 e. The molecule has 1 amide bonds. The van der Waals surface area contributed by atoms with Gasteiger partial charge in [-0.2, -0.15) is 0 Å². The summed E-state index contributed by atoms with van der Waals surface area (Å²) in [6, 6.07) is 5.05. The lowest BCUT2D eigenvalue weighted by molar-refractivity contribution is -0.119. The lowest BCUT2D eigenvalue weighted by Gasteiger charge is -2.15. The Hall–Kier alpha value is -2.37. The number of carboxylic acid groups (broad SMARTS) is 1. The number of benzene rings is 1. The lowest BCUT2D eigenvalue weighted by atomic mass is 10.1. The normalized spacial score (nSPS) is 18.1. The van der Waals surface area contributed by atoms with Crippen LogP contribution in [0.15, 0.2) is 18.2 Å². The van der Waals surface area contributed by atoms with Crippen LogP contribution in [0.1, 0.15) is 42.0 Å². The van der Waals surface area contributed by atoms with Crippen molar-refractivity contribution < 1.29 is 14.7 Å². The topological polar surface area (TPSA) is 84.2 Å². The average Bonchev–Trinajstić information content (AvgIpc) is 3.01. The van der Waals surface area contributed by atoms with E-state index in [0.29, 0.717) is 24.0 Å². The Kier molecular flexibility index (Phi) is 3.37. The van der Waals surface area contributed by atoms with Crippen LogP contribution in [0.4, 0.5) is 0 Å². The number of aromatic nitrogens is 2. The summed E-state index contributed by atoms with van der Waals surface area (Å²) in [5, 5.41) is 12.2. The van der Waals surface area contributed by atoms with Crippen molar-refractivity contribution in [1.29, 1.82) is 0 Å². The Labute approximate surface area is 121 Å². The molecular formula is C15H17N3O3. The number of hydrogen-bond acceptors (Lipinski definition) is 3. The fourth-order valence-corrected chi connectivity index (χ4v) is 2.94. The third-order valence-electron chi connectivity index (χ3n) is 3.81. The van der Waals surface area contributed by atoms with Crippen LogP contribution < -0.4 is 5.32 Å². The van der Waals surface area contributed by atoms with Crippen LogP contribution in [0.2, 0.25) is 0 Å². The molecule has 1 aliphatic heterocycles. The number of nitrogens with one attached hydrogen (secondary N) is 1. The van der Waals surface area contributed by atoms with Gasteiger partial charge < -0.3 is 15.0 Å². The quantitative estimate of drug-likeness (QED) is 0.897. The summed E-state index contributed by atoms with van der Waals surface area (Å²) in [6.07, 6.45) is 2.05. The first-order valence-corrected chi connectivity index (χ1v) is 7.11. The standard InChI is InChI=1S/C15H17N3O3/c1-2-4-12-17-11-6-3-5-10(15(20)21)14(11)18(12)9-7-13(19)16-8-9/h3,5-6,9H,2,4,7-8H2,1H3,(H,16,19)(H,20,21). The number of carbonyl (C=O) groups excluding carboxylic acids is 1. The number of imidazole rings is 1. The zero-order chi connectivity index (χ0) is 15.0. The van der Waals surface area contributed by atoms with Gasteiger partial charge in [0.2, 0.25) is 5.91 Å². The minimum absolute atomic E-state index is 0.00268. The molecule has 0 aliphatic carbocycles. The Morgan fingerprint density at radius 3 is 2.95 bits per heavy atom. The summed E-state index contributed by atoms with van der Waals surface area (Å²) in [6.45, 7) is 2.58. The highest BCUT2D eigenvalue weighted by molar-refractivity contribution is 6.01. The molecule has 21 heavy (non-hydrogen) atoms. The molecule has 110 valence electrons. The SMILES string of the molecule is CCCc1nc2cccc(C(=O)O)c2n1C1CNC(=O)C1. The molecule has 1 fully saturated rings. The molecule has 2 N–H and O–H groups in total. The Balaban J connectivity index is 2.24. The third-order valence-corrected chi connectivity index (χ3v) is 3.81. The van der Waals surface area contributed by atoms with Gasteiger partial charge in [-0.1, -0.05) is 13.0 Å². The van der Waals surface area contributed by atoms with Crippen LogP contribution in [-0.2, 0) is 11.2 Å². The number of hydrogen-bond donors (Lipinski definition) is 2. The Bertz CT molecular complexity index is 720. The second-order valence-electron chi connectivity index (χ2n) is 5.29. The van der Waals surface area contributed by atoms with Gasteiger partial charge in [0, 0.05) is 19.4 Å². The summed E-state index contributed by atoms with van der Waals surface area (Å²) in [5.74, 6) is -0.123. The summed E-state index contributed by atoms with van der Waals surface area (Å²) < 4.78 is 1.94. The van der Waals surface area contributed by atoms with Crippen LogP contribution >= 0.6 is 0 Å². The largest absolute Gasteiger partial charge is 0.478 e. The van der Waals surface area contributed by atoms with Crippen molar-refractivity contribution in [1.82, 2.24) is 14.9 Å². The maximum absolute atomic E-state index is 11.5. The number of carbonyl (C=O) groups is 2. The Morgan fingerprint density at radius 1 is 1.52 bits per heavy atom. The van der Waals surface area contributed by atoms with E-state index in [2.05, 4.69) is 17.2 Å². The molecule has 1 aromatic carbocycles. The van der Waals surface area contributed by atoms with Gasteiger partial charge in [-0.25, -0.2) is 9.78 Å². The molecule has 1 aliphatic rings. The molecular weight excluding hydrogens is 270 g/mol. The van der Waals surface area contributed by atoms with Gasteiger partial charge in [0.1, 0.15) is 5.82 Å². The highest BCUT2D eigenvalue weighted by Crippen LogP contribution is 2.28. The van der Waals surface area contributed by atoms with Crippen molar-refractivity contribution in [2.45, 2.75) is 32.2 Å². The van der Waals surface area contributed by atoms with E-state index >= 15 is 0 Å². The summed E-state index contributed by atoms with van der Waals surface area (Å²) in [4.78, 5) is 27.6. The molecule has 1 aromatic heterocycles. The minimum Gasteiger partial charge on any atom is -0.478 e. The van der Waals surface area contributed by atoms with Crippen LogP contribution in [0, 0.1) is 0 Å². The van der Waals surface area contributed by atoms with Crippen LogP contribution in [0.5, 0.6) is 0 Å². The first-order valence-electron chi connectivity index (χ1n) is 7.11. The predicted molar refractivity (Wildman–Crippen MR) is 77.4 cm³/mol. The van der Waals surface area contributed by atoms with Crippen molar-refractivity contribution in [2.75, 3.05) is 6.54 Å². The molecule has 3 rings (SSSR count). The van der Waals surface area contributed by atoms with E-state index in [1.54, 1.807) is 12.1 Å². The number of fused-ring (bicyclic) bond motifs is 1. The molecule has 1 unspecified atom stereocenters. The van der Waals surface area contributed by atoms with Crippen LogP contribution in [0.3, 0.4) is 0 Å². The number of aryl methyl sites for hydroxylation is 1. The zero-order valence-electron chi connectivity index (χ0n) is 11.8. The van der Waals surface area contributed by atoms with Crippen molar-refractivity contribution in [3.63, 3.8) is 0 Å². The van der Waals surface area contributed by atoms with Gasteiger partial charge in [0.05, 0.1) is 22.6 Å². The predicted octanol–water partition coefficient (Wildman–Crippen LogP) is 1.75. The first kappa shape index (κ1) is 13.6. The first-order chi connectivity index (χ1) is 10.1. The number of amides is 1. The van der Waals surface area contributed by atoms with Crippen LogP contribution in [0.25, 0.3) is 11.0 Å². The molecule has 0 spiro atoms. The maximum atomic E-state index is 11.5. The summed E-state index contributed by atoms with van der Waals surface area (Å²) in [7, 11) is 0. The van der Waals surface area contributed by atoms with Crippen molar-refractivity contribution in [3.8, 4) is 0 Å². The van der Waals surface area contributed by atoms with E-state index < -0.39 is 5.97 Å². The second-order valence-corrected chi connectivity index (χ2v) is 5.29. The van der Waals surface area contributed by atoms with E-state index in [1.165, 1.54) is 0 Å². The molecule has 1 atom stereocenters. The highest BCUT2D eigenvalue weighted by atomic mass is 16.4. The van der Waals surface area contributed by atoms with Crippen molar-refractivity contribution in [2.24, 2.45) is 0 Å². The van der Waals surface area contributed by atoms with Crippen LogP contribution in [-0.4, -0.2) is 33.1 Å². The average molecular weight is 287 g/mol. The minimum atomic E-state index is -0.970. The van der Waals surface area contributed by atoms with Gasteiger partial charge in [0.15, 0.2) is 0 Å². The number of carboxylic acids is 1. The van der Waals surface area contributed by atoms with E-state index in [1.807, 2.05) is 10.6 Å². The lowest BCUT2D eigenvalue weighted by Crippen LogP contribution is -2.17. The van der Waals surface area contributed by atoms with E-state index in [0.717, 1.165) is 18.7 Å². The van der Waals surface area contributed by atoms with Gasteiger partial charge in [-0.15, -0.1) is 0 Å². The highest BCUT2D eigenvalue weighted by Gasteiger charge is 2.28. The monoisotopic (exact) mass is 287 g/mol. The number of para-hydroxylation sites is 1. The smallest absolute Gasteiger partial charge is 0.337 e. The fraction of sp³-hybridized carbons (Fsp3) is 0.400. The molecule has 0 bridgehead atoms. The van der Waals surface area contributed by atoms with E-state index in [-0.39, 0.29) is 17.5 Å². The molecule has 0 radical (unpaired) electrons. The third kappa shape index (κ3) is 2.26. The van der Waals surface area contributed by atoms with Gasteiger partial charge in [-0.05, 0) is 18.6 Å². The summed E-state index contributed by atoms with van der Waals surface area (Å²) in [5.41, 5.74) is 1.54.